The highest BCUT2D eigenvalue weighted by Crippen LogP contribution is 2.48. The first-order valence-corrected chi connectivity index (χ1v) is 10.4. The zero-order valence-corrected chi connectivity index (χ0v) is 16.7. The SMILES string of the molecule is COc1ccccc1-n1cccc1[C@@H]1[C@H](c2ccccn2)N=C2S[C@H](C)CN21. The average Bonchev–Trinajstić information content (AvgIpc) is 3.42. The first-order chi connectivity index (χ1) is 13.8. The summed E-state index contributed by atoms with van der Waals surface area (Å²) in [5.41, 5.74) is 3.25. The largest absolute Gasteiger partial charge is 0.495 e. The number of pyridine rings is 1. The summed E-state index contributed by atoms with van der Waals surface area (Å²) in [6, 6.07) is 18.6. The molecule has 0 N–H and O–H groups in total. The van der Waals surface area contributed by atoms with Crippen molar-refractivity contribution in [2.75, 3.05) is 13.7 Å². The molecule has 1 fully saturated rings. The van der Waals surface area contributed by atoms with Gasteiger partial charge < -0.3 is 14.2 Å². The number of fused-ring (bicyclic) bond motifs is 1. The second-order valence-corrected chi connectivity index (χ2v) is 8.52. The van der Waals surface area contributed by atoms with Gasteiger partial charge in [0.05, 0.1) is 24.5 Å². The fraction of sp³-hybridized carbons (Fsp3) is 0.273. The van der Waals surface area contributed by atoms with Gasteiger partial charge in [0.15, 0.2) is 5.17 Å². The lowest BCUT2D eigenvalue weighted by Crippen LogP contribution is -2.30. The van der Waals surface area contributed by atoms with Gasteiger partial charge in [0.2, 0.25) is 0 Å². The Bertz CT molecular complexity index is 1020. The lowest BCUT2D eigenvalue weighted by molar-refractivity contribution is 0.311. The Kier molecular flexibility index (Phi) is 4.36. The molecule has 0 spiro atoms. The molecule has 2 aliphatic heterocycles. The zero-order chi connectivity index (χ0) is 19.1. The van der Waals surface area contributed by atoms with E-state index in [-0.39, 0.29) is 12.1 Å². The molecule has 3 aromatic rings. The number of nitrogens with zero attached hydrogens (tertiary/aromatic N) is 4. The summed E-state index contributed by atoms with van der Waals surface area (Å²) in [5.74, 6) is 0.859. The van der Waals surface area contributed by atoms with E-state index in [1.165, 1.54) is 5.69 Å². The molecule has 3 atom stereocenters. The van der Waals surface area contributed by atoms with E-state index in [4.69, 9.17) is 9.73 Å². The Morgan fingerprint density at radius 1 is 1.07 bits per heavy atom. The molecule has 2 aromatic heterocycles. The maximum absolute atomic E-state index is 5.62. The van der Waals surface area contributed by atoms with Gasteiger partial charge in [-0.05, 0) is 36.4 Å². The number of hydrogen-bond acceptors (Lipinski definition) is 5. The van der Waals surface area contributed by atoms with E-state index in [0.717, 1.165) is 28.8 Å². The summed E-state index contributed by atoms with van der Waals surface area (Å²) < 4.78 is 7.85. The van der Waals surface area contributed by atoms with E-state index in [1.54, 1.807) is 7.11 Å². The Hall–Kier alpha value is -2.73. The molecule has 1 aromatic carbocycles. The van der Waals surface area contributed by atoms with Crippen molar-refractivity contribution in [3.05, 3.63) is 78.4 Å². The van der Waals surface area contributed by atoms with Gasteiger partial charge in [-0.1, -0.05) is 36.9 Å². The average molecular weight is 391 g/mol. The summed E-state index contributed by atoms with van der Waals surface area (Å²) in [7, 11) is 1.72. The number of hydrogen-bond donors (Lipinski definition) is 0. The molecule has 0 radical (unpaired) electrons. The van der Waals surface area contributed by atoms with Gasteiger partial charge in [0.25, 0.3) is 0 Å². The first-order valence-electron chi connectivity index (χ1n) is 9.49. The molecule has 5 rings (SSSR count). The second kappa shape index (κ2) is 7.02. The summed E-state index contributed by atoms with van der Waals surface area (Å²) in [6.45, 7) is 3.26. The minimum absolute atomic E-state index is 0.0143. The number of para-hydroxylation sites is 2. The van der Waals surface area contributed by atoms with Crippen molar-refractivity contribution in [2.45, 2.75) is 24.3 Å². The van der Waals surface area contributed by atoms with Crippen molar-refractivity contribution in [3.8, 4) is 11.4 Å². The van der Waals surface area contributed by atoms with Crippen LogP contribution in [0.4, 0.5) is 0 Å². The Morgan fingerprint density at radius 3 is 2.75 bits per heavy atom. The lowest BCUT2D eigenvalue weighted by Gasteiger charge is -2.28. The van der Waals surface area contributed by atoms with Crippen molar-refractivity contribution in [2.24, 2.45) is 4.99 Å². The molecule has 28 heavy (non-hydrogen) atoms. The predicted octanol–water partition coefficient (Wildman–Crippen LogP) is 4.47. The number of ether oxygens (including phenoxy) is 1. The number of thioether (sulfide) groups is 1. The highest BCUT2D eigenvalue weighted by molar-refractivity contribution is 8.14. The van der Waals surface area contributed by atoms with Crippen LogP contribution in [-0.2, 0) is 0 Å². The maximum Gasteiger partial charge on any atom is 0.160 e. The maximum atomic E-state index is 5.62. The highest BCUT2D eigenvalue weighted by Gasteiger charge is 2.44. The van der Waals surface area contributed by atoms with Crippen LogP contribution in [-0.4, -0.2) is 38.5 Å². The van der Waals surface area contributed by atoms with E-state index in [1.807, 2.05) is 48.3 Å². The normalized spacial score (nSPS) is 23.6. The van der Waals surface area contributed by atoms with Crippen LogP contribution in [0.2, 0.25) is 0 Å². The van der Waals surface area contributed by atoms with E-state index in [9.17, 15) is 0 Å². The molecular weight excluding hydrogens is 368 g/mol. The van der Waals surface area contributed by atoms with E-state index < -0.39 is 0 Å². The molecule has 1 saturated heterocycles. The third kappa shape index (κ3) is 2.79. The lowest BCUT2D eigenvalue weighted by atomic mass is 10.0. The fourth-order valence-electron chi connectivity index (χ4n) is 4.12. The van der Waals surface area contributed by atoms with Crippen LogP contribution in [0.25, 0.3) is 5.69 Å². The van der Waals surface area contributed by atoms with Crippen molar-refractivity contribution in [1.82, 2.24) is 14.5 Å². The second-order valence-electron chi connectivity index (χ2n) is 7.11. The number of rotatable bonds is 4. The number of benzene rings is 1. The topological polar surface area (TPSA) is 42.6 Å². The Balaban J connectivity index is 1.63. The number of methoxy groups -OCH3 is 1. The van der Waals surface area contributed by atoms with Gasteiger partial charge in [-0.25, -0.2) is 0 Å². The van der Waals surface area contributed by atoms with Gasteiger partial charge >= 0.3 is 0 Å². The van der Waals surface area contributed by atoms with Gasteiger partial charge in [-0.15, -0.1) is 0 Å². The first kappa shape index (κ1) is 17.4. The Labute approximate surface area is 169 Å². The number of amidine groups is 1. The third-order valence-corrected chi connectivity index (χ3v) is 6.41. The van der Waals surface area contributed by atoms with E-state index >= 15 is 0 Å². The monoisotopic (exact) mass is 390 g/mol. The standard InChI is InChI=1S/C22H22N4OS/c1-15-14-26-21(20(24-22(26)28-15)16-8-5-6-12-23-16)18-10-7-13-25(18)17-9-3-4-11-19(17)27-2/h3-13,15,20-21H,14H2,1-2H3/t15-,20+,21-/m1/s1. The van der Waals surface area contributed by atoms with Gasteiger partial charge in [-0.2, -0.15) is 0 Å². The molecule has 6 heteroatoms. The van der Waals surface area contributed by atoms with Crippen molar-refractivity contribution in [3.63, 3.8) is 0 Å². The predicted molar refractivity (Wildman–Crippen MR) is 113 cm³/mol. The fourth-order valence-corrected chi connectivity index (χ4v) is 5.21. The van der Waals surface area contributed by atoms with Gasteiger partial charge in [-0.3, -0.25) is 9.98 Å². The van der Waals surface area contributed by atoms with Gasteiger partial charge in [0.1, 0.15) is 11.8 Å². The number of aromatic nitrogens is 2. The number of aliphatic imine (C=N–C) groups is 1. The molecule has 142 valence electrons. The third-order valence-electron chi connectivity index (χ3n) is 5.31. The molecule has 2 aliphatic rings. The highest BCUT2D eigenvalue weighted by atomic mass is 32.2. The molecule has 0 aliphatic carbocycles. The quantitative estimate of drug-likeness (QED) is 0.659. The van der Waals surface area contributed by atoms with Crippen molar-refractivity contribution < 1.29 is 4.74 Å². The minimum atomic E-state index is -0.0143. The summed E-state index contributed by atoms with van der Waals surface area (Å²) in [6.07, 6.45) is 3.96. The van der Waals surface area contributed by atoms with Crippen LogP contribution in [0, 0.1) is 0 Å². The van der Waals surface area contributed by atoms with Crippen molar-refractivity contribution >= 4 is 16.9 Å². The zero-order valence-electron chi connectivity index (χ0n) is 15.9. The molecule has 0 bridgehead atoms. The van der Waals surface area contributed by atoms with Gasteiger partial charge in [0, 0.05) is 29.9 Å². The minimum Gasteiger partial charge on any atom is -0.495 e. The summed E-state index contributed by atoms with van der Waals surface area (Å²) in [4.78, 5) is 12.2. The van der Waals surface area contributed by atoms with Crippen LogP contribution >= 0.6 is 11.8 Å². The Morgan fingerprint density at radius 2 is 1.93 bits per heavy atom. The molecule has 0 amide bonds. The molecule has 0 unspecified atom stereocenters. The van der Waals surface area contributed by atoms with Crippen LogP contribution in [0.3, 0.4) is 0 Å². The van der Waals surface area contributed by atoms with E-state index in [0.29, 0.717) is 5.25 Å². The summed E-state index contributed by atoms with van der Waals surface area (Å²) in [5, 5.41) is 1.67. The van der Waals surface area contributed by atoms with Crippen LogP contribution < -0.4 is 4.74 Å². The van der Waals surface area contributed by atoms with Crippen LogP contribution in [0.15, 0.2) is 72.0 Å². The van der Waals surface area contributed by atoms with Crippen LogP contribution in [0.1, 0.15) is 30.4 Å². The summed E-state index contributed by atoms with van der Waals surface area (Å²) >= 11 is 1.86. The molecule has 4 heterocycles. The molecule has 0 saturated carbocycles. The molecular formula is C22H22N4OS. The van der Waals surface area contributed by atoms with Crippen LogP contribution in [0.5, 0.6) is 5.75 Å². The smallest absolute Gasteiger partial charge is 0.160 e. The van der Waals surface area contributed by atoms with Crippen molar-refractivity contribution in [1.29, 1.82) is 0 Å². The van der Waals surface area contributed by atoms with E-state index in [2.05, 4.69) is 51.8 Å². The molecule has 5 nitrogen and oxygen atoms in total.